The van der Waals surface area contributed by atoms with Gasteiger partial charge >= 0.3 is 5.97 Å². The van der Waals surface area contributed by atoms with Crippen molar-refractivity contribution in [3.05, 3.63) is 0 Å². The van der Waals surface area contributed by atoms with E-state index in [4.69, 9.17) is 5.11 Å². The van der Waals surface area contributed by atoms with E-state index in [0.29, 0.717) is 6.42 Å². The highest BCUT2D eigenvalue weighted by molar-refractivity contribution is 7.98. The quantitative estimate of drug-likeness (QED) is 0.662. The maximum absolute atomic E-state index is 11.8. The van der Waals surface area contributed by atoms with Crippen molar-refractivity contribution in [2.75, 3.05) is 51.8 Å². The number of carbonyl (C=O) groups excluding carboxylic acids is 1. The highest BCUT2D eigenvalue weighted by Gasteiger charge is 2.22. The summed E-state index contributed by atoms with van der Waals surface area (Å²) in [6.07, 6.45) is 2.38. The number of rotatable bonds is 7. The van der Waals surface area contributed by atoms with Gasteiger partial charge in [0.1, 0.15) is 6.04 Å². The molecule has 1 heterocycles. The molecule has 1 aliphatic heterocycles. The minimum atomic E-state index is -0.958. The maximum Gasteiger partial charge on any atom is 0.326 e. The summed E-state index contributed by atoms with van der Waals surface area (Å²) in [5.74, 6) is -0.426. The number of piperazine rings is 1. The molecule has 110 valence electrons. The molecule has 19 heavy (non-hydrogen) atoms. The van der Waals surface area contributed by atoms with Gasteiger partial charge in [0.2, 0.25) is 5.91 Å². The zero-order valence-corrected chi connectivity index (χ0v) is 12.4. The summed E-state index contributed by atoms with van der Waals surface area (Å²) in [6, 6.07) is -0.771. The van der Waals surface area contributed by atoms with Gasteiger partial charge in [-0.3, -0.25) is 9.69 Å². The van der Waals surface area contributed by atoms with E-state index in [1.807, 2.05) is 6.26 Å². The Kier molecular flexibility index (Phi) is 7.19. The van der Waals surface area contributed by atoms with Crippen LogP contribution in [0.1, 0.15) is 6.42 Å². The lowest BCUT2D eigenvalue weighted by atomic mass is 10.2. The molecule has 2 N–H and O–H groups in total. The molecule has 1 atom stereocenters. The molecular weight excluding hydrogens is 266 g/mol. The van der Waals surface area contributed by atoms with Crippen molar-refractivity contribution in [1.82, 2.24) is 15.1 Å². The third-order valence-electron chi connectivity index (χ3n) is 3.21. The number of nitrogens with one attached hydrogen (secondary N) is 1. The van der Waals surface area contributed by atoms with Crippen LogP contribution in [0.15, 0.2) is 0 Å². The molecular formula is C12H23N3O3S. The van der Waals surface area contributed by atoms with Crippen LogP contribution in [0.25, 0.3) is 0 Å². The Morgan fingerprint density at radius 1 is 1.32 bits per heavy atom. The van der Waals surface area contributed by atoms with Crippen LogP contribution in [0.4, 0.5) is 0 Å². The standard InChI is InChI=1S/C12H23N3O3S/c1-14-4-6-15(7-5-14)9-11(16)13-10(12(17)18)3-8-19-2/h10H,3-9H2,1-2H3,(H,13,16)(H,17,18). The molecule has 1 saturated heterocycles. The molecule has 7 heteroatoms. The van der Waals surface area contributed by atoms with Crippen LogP contribution in [-0.2, 0) is 9.59 Å². The Hall–Kier alpha value is -0.790. The lowest BCUT2D eigenvalue weighted by molar-refractivity contribution is -0.142. The number of aliphatic carboxylic acids is 1. The van der Waals surface area contributed by atoms with Crippen molar-refractivity contribution in [3.8, 4) is 0 Å². The van der Waals surface area contributed by atoms with Gasteiger partial charge in [-0.2, -0.15) is 11.8 Å². The molecule has 0 aromatic carbocycles. The summed E-state index contributed by atoms with van der Waals surface area (Å²) in [4.78, 5) is 27.1. The summed E-state index contributed by atoms with van der Waals surface area (Å²) < 4.78 is 0. The zero-order valence-electron chi connectivity index (χ0n) is 11.6. The third-order valence-corrected chi connectivity index (χ3v) is 3.85. The summed E-state index contributed by atoms with van der Waals surface area (Å²) in [5.41, 5.74) is 0. The minimum Gasteiger partial charge on any atom is -0.480 e. The van der Waals surface area contributed by atoms with Gasteiger partial charge < -0.3 is 15.3 Å². The Labute approximate surface area is 118 Å². The van der Waals surface area contributed by atoms with Crippen LogP contribution in [0.2, 0.25) is 0 Å². The highest BCUT2D eigenvalue weighted by Crippen LogP contribution is 2.02. The summed E-state index contributed by atoms with van der Waals surface area (Å²) in [5, 5.41) is 11.6. The molecule has 1 rings (SSSR count). The second-order valence-corrected chi connectivity index (χ2v) is 5.80. The largest absolute Gasteiger partial charge is 0.480 e. The maximum atomic E-state index is 11.8. The second kappa shape index (κ2) is 8.39. The van der Waals surface area contributed by atoms with Crippen LogP contribution in [-0.4, -0.2) is 84.6 Å². The molecule has 0 aromatic rings. The zero-order chi connectivity index (χ0) is 14.3. The number of likely N-dealkylation sites (N-methyl/N-ethyl adjacent to an activating group) is 1. The lowest BCUT2D eigenvalue weighted by Gasteiger charge is -2.32. The molecule has 0 spiro atoms. The normalized spacial score (nSPS) is 19.1. The molecule has 6 nitrogen and oxygen atoms in total. The van der Waals surface area contributed by atoms with Gasteiger partial charge in [0.05, 0.1) is 6.54 Å². The molecule has 0 aliphatic carbocycles. The van der Waals surface area contributed by atoms with E-state index in [-0.39, 0.29) is 12.5 Å². The van der Waals surface area contributed by atoms with Crippen molar-refractivity contribution in [1.29, 1.82) is 0 Å². The fourth-order valence-electron chi connectivity index (χ4n) is 1.94. The molecule has 0 bridgehead atoms. The van der Waals surface area contributed by atoms with E-state index in [9.17, 15) is 9.59 Å². The molecule has 1 amide bonds. The average molecular weight is 289 g/mol. The van der Waals surface area contributed by atoms with Crippen LogP contribution < -0.4 is 5.32 Å². The lowest BCUT2D eigenvalue weighted by Crippen LogP contribution is -2.50. The van der Waals surface area contributed by atoms with E-state index < -0.39 is 12.0 Å². The van der Waals surface area contributed by atoms with Gasteiger partial charge in [0.25, 0.3) is 0 Å². The molecule has 0 radical (unpaired) electrons. The first kappa shape index (κ1) is 16.3. The third kappa shape index (κ3) is 6.26. The molecule has 1 fully saturated rings. The van der Waals surface area contributed by atoms with Gasteiger partial charge in [-0.1, -0.05) is 0 Å². The SMILES string of the molecule is CSCCC(NC(=O)CN1CCN(C)CC1)C(=O)O. The average Bonchev–Trinajstić information content (AvgIpc) is 2.37. The number of nitrogens with zero attached hydrogens (tertiary/aromatic N) is 2. The number of amides is 1. The van der Waals surface area contributed by atoms with Crippen LogP contribution in [0, 0.1) is 0 Å². The number of carbonyl (C=O) groups is 2. The van der Waals surface area contributed by atoms with Gasteiger partial charge in [-0.05, 0) is 25.5 Å². The monoisotopic (exact) mass is 289 g/mol. The van der Waals surface area contributed by atoms with Crippen LogP contribution in [0.3, 0.4) is 0 Å². The summed E-state index contributed by atoms with van der Waals surface area (Å²) >= 11 is 1.58. The van der Waals surface area contributed by atoms with Crippen LogP contribution in [0.5, 0.6) is 0 Å². The smallest absolute Gasteiger partial charge is 0.326 e. The van der Waals surface area contributed by atoms with E-state index in [0.717, 1.165) is 31.9 Å². The first-order chi connectivity index (χ1) is 9.02. The Balaban J connectivity index is 2.33. The molecule has 1 aliphatic rings. The second-order valence-electron chi connectivity index (χ2n) is 4.82. The topological polar surface area (TPSA) is 72.9 Å². The van der Waals surface area contributed by atoms with Crippen molar-refractivity contribution in [2.45, 2.75) is 12.5 Å². The predicted octanol–water partition coefficient (Wildman–Crippen LogP) is -0.444. The van der Waals surface area contributed by atoms with Crippen LogP contribution >= 0.6 is 11.8 Å². The van der Waals surface area contributed by atoms with E-state index in [1.54, 1.807) is 11.8 Å². The van der Waals surface area contributed by atoms with Gasteiger partial charge in [-0.15, -0.1) is 0 Å². The molecule has 0 aromatic heterocycles. The van der Waals surface area contributed by atoms with Gasteiger partial charge in [0, 0.05) is 26.2 Å². The van der Waals surface area contributed by atoms with Crippen molar-refractivity contribution in [3.63, 3.8) is 0 Å². The summed E-state index contributed by atoms with van der Waals surface area (Å²) in [6.45, 7) is 3.89. The van der Waals surface area contributed by atoms with Crippen molar-refractivity contribution >= 4 is 23.6 Å². The van der Waals surface area contributed by atoms with Gasteiger partial charge in [0.15, 0.2) is 0 Å². The number of thioether (sulfide) groups is 1. The van der Waals surface area contributed by atoms with Crippen molar-refractivity contribution < 1.29 is 14.7 Å². The fourth-order valence-corrected chi connectivity index (χ4v) is 2.41. The van der Waals surface area contributed by atoms with E-state index in [2.05, 4.69) is 22.2 Å². The van der Waals surface area contributed by atoms with Gasteiger partial charge in [-0.25, -0.2) is 4.79 Å². The minimum absolute atomic E-state index is 0.196. The van der Waals surface area contributed by atoms with E-state index >= 15 is 0 Å². The number of hydrogen-bond donors (Lipinski definition) is 2. The van der Waals surface area contributed by atoms with E-state index in [1.165, 1.54) is 0 Å². The molecule has 1 unspecified atom stereocenters. The number of carboxylic acid groups (broad SMARTS) is 1. The first-order valence-electron chi connectivity index (χ1n) is 6.45. The Morgan fingerprint density at radius 3 is 2.47 bits per heavy atom. The highest BCUT2D eigenvalue weighted by atomic mass is 32.2. The first-order valence-corrected chi connectivity index (χ1v) is 7.84. The Morgan fingerprint density at radius 2 is 1.95 bits per heavy atom. The predicted molar refractivity (Wildman–Crippen MR) is 76.5 cm³/mol. The number of carboxylic acids is 1. The fraction of sp³-hybridized carbons (Fsp3) is 0.833. The number of hydrogen-bond acceptors (Lipinski definition) is 5. The molecule has 0 saturated carbocycles. The Bertz CT molecular complexity index is 307. The summed E-state index contributed by atoms with van der Waals surface area (Å²) in [7, 11) is 2.06. The van der Waals surface area contributed by atoms with Crippen molar-refractivity contribution in [2.24, 2.45) is 0 Å².